The highest BCUT2D eigenvalue weighted by Gasteiger charge is 2.10. The Labute approximate surface area is 151 Å². The maximum atomic E-state index is 11.9. The molecular formula is C22H30O3. The quantitative estimate of drug-likeness (QED) is 0.401. The van der Waals surface area contributed by atoms with Crippen molar-refractivity contribution >= 4 is 16.7 Å². The van der Waals surface area contributed by atoms with Gasteiger partial charge in [0.25, 0.3) is 0 Å². The lowest BCUT2D eigenvalue weighted by atomic mass is 9.98. The van der Waals surface area contributed by atoms with Crippen LogP contribution in [0.1, 0.15) is 63.9 Å². The predicted molar refractivity (Wildman–Crippen MR) is 103 cm³/mol. The van der Waals surface area contributed by atoms with E-state index in [1.54, 1.807) is 7.11 Å². The van der Waals surface area contributed by atoms with Gasteiger partial charge in [-0.2, -0.15) is 0 Å². The molecule has 0 N–H and O–H groups in total. The molecule has 0 aliphatic carbocycles. The van der Waals surface area contributed by atoms with Gasteiger partial charge in [0.1, 0.15) is 5.75 Å². The smallest absolute Gasteiger partial charge is 0.305 e. The Morgan fingerprint density at radius 2 is 1.72 bits per heavy atom. The average molecular weight is 342 g/mol. The molecular weight excluding hydrogens is 312 g/mol. The number of carbonyl (C=O) groups excluding carboxylic acids is 1. The first-order valence-electron chi connectivity index (χ1n) is 9.37. The second kappa shape index (κ2) is 10.1. The van der Waals surface area contributed by atoms with E-state index in [2.05, 4.69) is 38.1 Å². The SMILES string of the molecule is CCCCCCCC(=O)OCC(C)c1ccc2cc(OC)ccc2c1. The zero-order valence-corrected chi connectivity index (χ0v) is 15.7. The first kappa shape index (κ1) is 19.3. The molecule has 0 fully saturated rings. The highest BCUT2D eigenvalue weighted by Crippen LogP contribution is 2.25. The van der Waals surface area contributed by atoms with E-state index in [1.165, 1.54) is 30.2 Å². The monoisotopic (exact) mass is 342 g/mol. The van der Waals surface area contributed by atoms with Crippen LogP contribution >= 0.6 is 0 Å². The number of unbranched alkanes of at least 4 members (excludes halogenated alkanes) is 4. The topological polar surface area (TPSA) is 35.5 Å². The van der Waals surface area contributed by atoms with Crippen molar-refractivity contribution in [3.63, 3.8) is 0 Å². The van der Waals surface area contributed by atoms with Crippen LogP contribution in [0.2, 0.25) is 0 Å². The number of hydrogen-bond acceptors (Lipinski definition) is 3. The van der Waals surface area contributed by atoms with E-state index in [1.807, 2.05) is 12.1 Å². The third kappa shape index (κ3) is 6.08. The molecule has 0 saturated carbocycles. The van der Waals surface area contributed by atoms with Crippen molar-refractivity contribution in [2.24, 2.45) is 0 Å². The lowest BCUT2D eigenvalue weighted by Gasteiger charge is -2.14. The summed E-state index contributed by atoms with van der Waals surface area (Å²) < 4.78 is 10.7. The summed E-state index contributed by atoms with van der Waals surface area (Å²) in [5, 5.41) is 2.33. The van der Waals surface area contributed by atoms with Gasteiger partial charge in [-0.15, -0.1) is 0 Å². The van der Waals surface area contributed by atoms with Crippen LogP contribution in [0.4, 0.5) is 0 Å². The van der Waals surface area contributed by atoms with Gasteiger partial charge < -0.3 is 9.47 Å². The summed E-state index contributed by atoms with van der Waals surface area (Å²) in [5.74, 6) is 0.977. The Bertz CT molecular complexity index is 678. The van der Waals surface area contributed by atoms with Crippen LogP contribution in [0.25, 0.3) is 10.8 Å². The fourth-order valence-electron chi connectivity index (χ4n) is 2.94. The molecule has 0 heterocycles. The van der Waals surface area contributed by atoms with Crippen molar-refractivity contribution in [1.29, 1.82) is 0 Å². The van der Waals surface area contributed by atoms with Gasteiger partial charge in [-0.05, 0) is 34.9 Å². The molecule has 0 aromatic heterocycles. The van der Waals surface area contributed by atoms with E-state index in [0.717, 1.165) is 24.0 Å². The molecule has 3 heteroatoms. The fraction of sp³-hybridized carbons (Fsp3) is 0.500. The van der Waals surface area contributed by atoms with E-state index in [9.17, 15) is 4.79 Å². The fourth-order valence-corrected chi connectivity index (χ4v) is 2.94. The zero-order chi connectivity index (χ0) is 18.1. The number of benzene rings is 2. The van der Waals surface area contributed by atoms with Crippen molar-refractivity contribution in [3.05, 3.63) is 42.0 Å². The van der Waals surface area contributed by atoms with Crippen LogP contribution in [0.15, 0.2) is 36.4 Å². The lowest BCUT2D eigenvalue weighted by Crippen LogP contribution is -2.10. The summed E-state index contributed by atoms with van der Waals surface area (Å²) in [6.07, 6.45) is 6.27. The van der Waals surface area contributed by atoms with Crippen LogP contribution in [0.3, 0.4) is 0 Å². The van der Waals surface area contributed by atoms with E-state index in [4.69, 9.17) is 9.47 Å². The largest absolute Gasteiger partial charge is 0.497 e. The van der Waals surface area contributed by atoms with E-state index >= 15 is 0 Å². The summed E-state index contributed by atoms with van der Waals surface area (Å²) in [6, 6.07) is 12.4. The molecule has 3 nitrogen and oxygen atoms in total. The van der Waals surface area contributed by atoms with Crippen molar-refractivity contribution < 1.29 is 14.3 Å². The van der Waals surface area contributed by atoms with Crippen LogP contribution in [0.5, 0.6) is 5.75 Å². The molecule has 2 rings (SSSR count). The maximum absolute atomic E-state index is 11.9. The predicted octanol–water partition coefficient (Wildman–Crippen LogP) is 5.86. The third-order valence-electron chi connectivity index (χ3n) is 4.62. The molecule has 2 aromatic rings. The van der Waals surface area contributed by atoms with Gasteiger partial charge in [0.15, 0.2) is 0 Å². The number of rotatable bonds is 10. The first-order chi connectivity index (χ1) is 12.1. The van der Waals surface area contributed by atoms with Gasteiger partial charge in [-0.3, -0.25) is 4.79 Å². The Kier molecular flexibility index (Phi) is 7.77. The molecule has 0 aliphatic heterocycles. The highest BCUT2D eigenvalue weighted by molar-refractivity contribution is 5.84. The number of methoxy groups -OCH3 is 1. The molecule has 0 aliphatic rings. The number of fused-ring (bicyclic) bond motifs is 1. The molecule has 2 aromatic carbocycles. The number of esters is 1. The molecule has 136 valence electrons. The van der Waals surface area contributed by atoms with Gasteiger partial charge in [0, 0.05) is 12.3 Å². The minimum Gasteiger partial charge on any atom is -0.497 e. The van der Waals surface area contributed by atoms with Gasteiger partial charge in [-0.1, -0.05) is 63.8 Å². The minimum absolute atomic E-state index is 0.0751. The number of carbonyl (C=O) groups is 1. The lowest BCUT2D eigenvalue weighted by molar-refractivity contribution is -0.144. The van der Waals surface area contributed by atoms with Gasteiger partial charge in [0.2, 0.25) is 0 Å². The Morgan fingerprint density at radius 1 is 1.00 bits per heavy atom. The second-order valence-electron chi connectivity index (χ2n) is 6.72. The molecule has 0 spiro atoms. The molecule has 0 radical (unpaired) electrons. The molecule has 0 amide bonds. The molecule has 0 saturated heterocycles. The van der Waals surface area contributed by atoms with Crippen LogP contribution in [0, 0.1) is 0 Å². The Balaban J connectivity index is 1.83. The number of hydrogen-bond donors (Lipinski definition) is 0. The third-order valence-corrected chi connectivity index (χ3v) is 4.62. The minimum atomic E-state index is -0.0751. The van der Waals surface area contributed by atoms with Gasteiger partial charge in [0.05, 0.1) is 13.7 Å². The van der Waals surface area contributed by atoms with Crippen LogP contribution < -0.4 is 4.74 Å². The van der Waals surface area contributed by atoms with Gasteiger partial charge in [-0.25, -0.2) is 0 Å². The zero-order valence-electron chi connectivity index (χ0n) is 15.7. The van der Waals surface area contributed by atoms with Crippen molar-refractivity contribution in [3.8, 4) is 5.75 Å². The van der Waals surface area contributed by atoms with Crippen LogP contribution in [-0.2, 0) is 9.53 Å². The number of ether oxygens (including phenoxy) is 2. The van der Waals surface area contributed by atoms with Crippen molar-refractivity contribution in [2.45, 2.75) is 58.3 Å². The molecule has 1 unspecified atom stereocenters. The summed E-state index contributed by atoms with van der Waals surface area (Å²) in [5.41, 5.74) is 1.19. The summed E-state index contributed by atoms with van der Waals surface area (Å²) in [4.78, 5) is 11.9. The maximum Gasteiger partial charge on any atom is 0.305 e. The molecule has 1 atom stereocenters. The Morgan fingerprint density at radius 3 is 2.48 bits per heavy atom. The van der Waals surface area contributed by atoms with E-state index in [0.29, 0.717) is 13.0 Å². The van der Waals surface area contributed by atoms with Gasteiger partial charge >= 0.3 is 5.97 Å². The second-order valence-corrected chi connectivity index (χ2v) is 6.72. The summed E-state index contributed by atoms with van der Waals surface area (Å²) >= 11 is 0. The standard InChI is InChI=1S/C22H30O3/c1-4-5-6-7-8-9-22(23)25-16-17(2)18-10-11-20-15-21(24-3)13-12-19(20)14-18/h10-15,17H,4-9,16H2,1-3H3. The Hall–Kier alpha value is -2.03. The normalized spacial score (nSPS) is 12.1. The molecule has 25 heavy (non-hydrogen) atoms. The first-order valence-corrected chi connectivity index (χ1v) is 9.37. The van der Waals surface area contributed by atoms with Crippen LogP contribution in [-0.4, -0.2) is 19.7 Å². The average Bonchev–Trinajstić information content (AvgIpc) is 2.65. The highest BCUT2D eigenvalue weighted by atomic mass is 16.5. The van der Waals surface area contributed by atoms with Crippen molar-refractivity contribution in [2.75, 3.05) is 13.7 Å². The van der Waals surface area contributed by atoms with E-state index in [-0.39, 0.29) is 11.9 Å². The van der Waals surface area contributed by atoms with E-state index < -0.39 is 0 Å². The molecule has 0 bridgehead atoms. The summed E-state index contributed by atoms with van der Waals surface area (Å²) in [6.45, 7) is 4.73. The van der Waals surface area contributed by atoms with Crippen molar-refractivity contribution in [1.82, 2.24) is 0 Å². The summed E-state index contributed by atoms with van der Waals surface area (Å²) in [7, 11) is 1.68.